The standard InChI is InChI=1S/C22H25ClN4O2S/c1-13(19(24)28)30-21-26-25-20(14-6-8-15(9-7-14)22(2,3)4)27(21)16-10-11-18(29-5)17(23)12-16/h6-13H,1-5H3,(H2,24,28)/t13-/m0/s1. The van der Waals surface area contributed by atoms with Crippen molar-refractivity contribution >= 4 is 29.3 Å². The summed E-state index contributed by atoms with van der Waals surface area (Å²) in [4.78, 5) is 11.6. The van der Waals surface area contributed by atoms with Gasteiger partial charge >= 0.3 is 0 Å². The van der Waals surface area contributed by atoms with Crippen LogP contribution in [-0.2, 0) is 10.2 Å². The first kappa shape index (κ1) is 22.2. The Morgan fingerprint density at radius 2 is 1.83 bits per heavy atom. The van der Waals surface area contributed by atoms with Gasteiger partial charge in [0.1, 0.15) is 5.75 Å². The molecule has 6 nitrogen and oxygen atoms in total. The quantitative estimate of drug-likeness (QED) is 0.549. The Bertz CT molecular complexity index is 1060. The summed E-state index contributed by atoms with van der Waals surface area (Å²) in [5.41, 5.74) is 8.40. The van der Waals surface area contributed by atoms with Gasteiger partial charge in [0.2, 0.25) is 5.91 Å². The molecular weight excluding hydrogens is 420 g/mol. The minimum Gasteiger partial charge on any atom is -0.495 e. The molecule has 1 aromatic heterocycles. The number of carbonyl (C=O) groups excluding carboxylic acids is 1. The van der Waals surface area contributed by atoms with Crippen molar-refractivity contribution in [1.29, 1.82) is 0 Å². The number of hydrogen-bond acceptors (Lipinski definition) is 5. The topological polar surface area (TPSA) is 83.0 Å². The second-order valence-electron chi connectivity index (χ2n) is 7.95. The average Bonchev–Trinajstić information content (AvgIpc) is 3.10. The van der Waals surface area contributed by atoms with Gasteiger partial charge in [-0.15, -0.1) is 10.2 Å². The van der Waals surface area contributed by atoms with Crippen LogP contribution in [0.2, 0.25) is 5.02 Å². The number of thioether (sulfide) groups is 1. The normalized spacial score (nSPS) is 12.6. The smallest absolute Gasteiger partial charge is 0.230 e. The van der Waals surface area contributed by atoms with E-state index in [1.54, 1.807) is 26.2 Å². The van der Waals surface area contributed by atoms with Crippen LogP contribution >= 0.6 is 23.4 Å². The van der Waals surface area contributed by atoms with E-state index in [4.69, 9.17) is 22.1 Å². The van der Waals surface area contributed by atoms with Gasteiger partial charge in [0.05, 0.1) is 23.1 Å². The van der Waals surface area contributed by atoms with E-state index in [2.05, 4.69) is 43.1 Å². The molecule has 0 aliphatic heterocycles. The van der Waals surface area contributed by atoms with E-state index in [-0.39, 0.29) is 5.41 Å². The Kier molecular flexibility index (Phi) is 6.43. The lowest BCUT2D eigenvalue weighted by atomic mass is 9.87. The van der Waals surface area contributed by atoms with Gasteiger partial charge in [-0.25, -0.2) is 0 Å². The maximum absolute atomic E-state index is 11.6. The van der Waals surface area contributed by atoms with Gasteiger partial charge in [0.15, 0.2) is 11.0 Å². The summed E-state index contributed by atoms with van der Waals surface area (Å²) < 4.78 is 7.14. The molecule has 0 radical (unpaired) electrons. The molecule has 0 spiro atoms. The monoisotopic (exact) mass is 444 g/mol. The number of nitrogens with two attached hydrogens (primary N) is 1. The third-order valence-electron chi connectivity index (χ3n) is 4.72. The molecular formula is C22H25ClN4O2S. The van der Waals surface area contributed by atoms with Gasteiger partial charge in [-0.1, -0.05) is 68.4 Å². The van der Waals surface area contributed by atoms with E-state index in [1.165, 1.54) is 17.3 Å². The fourth-order valence-electron chi connectivity index (χ4n) is 2.90. The van der Waals surface area contributed by atoms with Crippen LogP contribution in [0.3, 0.4) is 0 Å². The van der Waals surface area contributed by atoms with Crippen molar-refractivity contribution in [3.05, 3.63) is 53.1 Å². The van der Waals surface area contributed by atoms with Crippen molar-refractivity contribution in [2.24, 2.45) is 5.73 Å². The van der Waals surface area contributed by atoms with Crippen LogP contribution in [0.15, 0.2) is 47.6 Å². The molecule has 158 valence electrons. The van der Waals surface area contributed by atoms with E-state index >= 15 is 0 Å². The minimum atomic E-state index is -0.460. The molecule has 1 heterocycles. The molecule has 0 aliphatic carbocycles. The molecule has 0 saturated heterocycles. The molecule has 2 N–H and O–H groups in total. The molecule has 3 aromatic rings. The Labute approximate surface area is 185 Å². The zero-order valence-corrected chi connectivity index (χ0v) is 19.2. The number of hydrogen-bond donors (Lipinski definition) is 1. The van der Waals surface area contributed by atoms with E-state index in [0.717, 1.165) is 11.3 Å². The predicted octanol–water partition coefficient (Wildman–Crippen LogP) is 4.86. The van der Waals surface area contributed by atoms with Crippen LogP contribution in [0, 0.1) is 0 Å². The summed E-state index contributed by atoms with van der Waals surface area (Å²) >= 11 is 7.62. The van der Waals surface area contributed by atoms with Crippen molar-refractivity contribution in [2.75, 3.05) is 7.11 Å². The maximum atomic E-state index is 11.6. The lowest BCUT2D eigenvalue weighted by molar-refractivity contribution is -0.117. The molecule has 0 unspecified atom stereocenters. The Morgan fingerprint density at radius 3 is 2.37 bits per heavy atom. The average molecular weight is 445 g/mol. The molecule has 0 aliphatic rings. The van der Waals surface area contributed by atoms with Crippen molar-refractivity contribution in [3.8, 4) is 22.8 Å². The van der Waals surface area contributed by atoms with Crippen LogP contribution in [0.1, 0.15) is 33.3 Å². The number of benzene rings is 2. The zero-order valence-electron chi connectivity index (χ0n) is 17.6. The van der Waals surface area contributed by atoms with Crippen LogP contribution in [-0.4, -0.2) is 33.0 Å². The molecule has 30 heavy (non-hydrogen) atoms. The molecule has 3 rings (SSSR count). The largest absolute Gasteiger partial charge is 0.495 e. The highest BCUT2D eigenvalue weighted by Gasteiger charge is 2.22. The first-order valence-corrected chi connectivity index (χ1v) is 10.7. The number of aromatic nitrogens is 3. The summed E-state index contributed by atoms with van der Waals surface area (Å²) in [5.74, 6) is 0.804. The molecule has 0 fully saturated rings. The van der Waals surface area contributed by atoms with Crippen molar-refractivity contribution < 1.29 is 9.53 Å². The lowest BCUT2D eigenvalue weighted by Gasteiger charge is -2.19. The maximum Gasteiger partial charge on any atom is 0.230 e. The Morgan fingerprint density at radius 1 is 1.17 bits per heavy atom. The summed E-state index contributed by atoms with van der Waals surface area (Å²) in [5, 5.41) is 9.30. The van der Waals surface area contributed by atoms with Crippen molar-refractivity contribution in [1.82, 2.24) is 14.8 Å². The molecule has 0 bridgehead atoms. The number of methoxy groups -OCH3 is 1. The highest BCUT2D eigenvalue weighted by Crippen LogP contribution is 2.34. The van der Waals surface area contributed by atoms with Crippen LogP contribution < -0.4 is 10.5 Å². The number of amides is 1. The highest BCUT2D eigenvalue weighted by atomic mass is 35.5. The molecule has 0 saturated carbocycles. The number of carbonyl (C=O) groups is 1. The van der Waals surface area contributed by atoms with Gasteiger partial charge in [-0.05, 0) is 36.1 Å². The third kappa shape index (κ3) is 4.63. The van der Waals surface area contributed by atoms with Gasteiger partial charge in [0, 0.05) is 5.56 Å². The molecule has 8 heteroatoms. The van der Waals surface area contributed by atoms with Crippen molar-refractivity contribution in [2.45, 2.75) is 43.5 Å². The second kappa shape index (κ2) is 8.70. The van der Waals surface area contributed by atoms with E-state index in [1.807, 2.05) is 22.8 Å². The fourth-order valence-corrected chi connectivity index (χ4v) is 3.97. The van der Waals surface area contributed by atoms with Gasteiger partial charge in [0.25, 0.3) is 0 Å². The zero-order chi connectivity index (χ0) is 22.1. The number of primary amides is 1. The summed E-state index contributed by atoms with van der Waals surface area (Å²) in [6.07, 6.45) is 0. The first-order valence-electron chi connectivity index (χ1n) is 9.48. The fraction of sp³-hybridized carbons (Fsp3) is 0.318. The van der Waals surface area contributed by atoms with Crippen molar-refractivity contribution in [3.63, 3.8) is 0 Å². The van der Waals surface area contributed by atoms with Gasteiger partial charge in [-0.2, -0.15) is 0 Å². The minimum absolute atomic E-state index is 0.0492. The third-order valence-corrected chi connectivity index (χ3v) is 6.08. The molecule has 2 aromatic carbocycles. The van der Waals surface area contributed by atoms with E-state index in [9.17, 15) is 4.79 Å². The number of halogens is 1. The number of ether oxygens (including phenoxy) is 1. The van der Waals surface area contributed by atoms with E-state index in [0.29, 0.717) is 21.8 Å². The summed E-state index contributed by atoms with van der Waals surface area (Å²) in [7, 11) is 1.57. The SMILES string of the molecule is COc1ccc(-n2c(S[C@@H](C)C(N)=O)nnc2-c2ccc(C(C)(C)C)cc2)cc1Cl. The number of rotatable bonds is 6. The first-order chi connectivity index (χ1) is 14.1. The Hall–Kier alpha value is -2.51. The van der Waals surface area contributed by atoms with Gasteiger partial charge in [-0.3, -0.25) is 9.36 Å². The Balaban J connectivity index is 2.13. The predicted molar refractivity (Wildman–Crippen MR) is 122 cm³/mol. The van der Waals surface area contributed by atoms with Crippen LogP contribution in [0.5, 0.6) is 5.75 Å². The van der Waals surface area contributed by atoms with Gasteiger partial charge < -0.3 is 10.5 Å². The molecule has 1 amide bonds. The molecule has 1 atom stereocenters. The summed E-state index contributed by atoms with van der Waals surface area (Å²) in [6, 6.07) is 13.7. The second-order valence-corrected chi connectivity index (χ2v) is 9.67. The number of nitrogens with zero attached hydrogens (tertiary/aromatic N) is 3. The van der Waals surface area contributed by atoms with Crippen LogP contribution in [0.25, 0.3) is 17.1 Å². The summed E-state index contributed by atoms with van der Waals surface area (Å²) in [6.45, 7) is 8.25. The van der Waals surface area contributed by atoms with E-state index < -0.39 is 11.2 Å². The van der Waals surface area contributed by atoms with Crippen LogP contribution in [0.4, 0.5) is 0 Å². The lowest BCUT2D eigenvalue weighted by Crippen LogP contribution is -2.23. The highest BCUT2D eigenvalue weighted by molar-refractivity contribution is 8.00.